The van der Waals surface area contributed by atoms with Crippen molar-refractivity contribution in [1.29, 1.82) is 5.26 Å². The van der Waals surface area contributed by atoms with Crippen molar-refractivity contribution < 1.29 is 0 Å². The molecule has 0 aliphatic rings. The number of halogens is 2. The van der Waals surface area contributed by atoms with Gasteiger partial charge in [-0.3, -0.25) is 5.43 Å². The summed E-state index contributed by atoms with van der Waals surface area (Å²) in [5.41, 5.74) is 4.95. The third-order valence-corrected chi connectivity index (χ3v) is 5.23. The van der Waals surface area contributed by atoms with Gasteiger partial charge >= 0.3 is 0 Å². The number of hydrogen-bond donors (Lipinski definition) is 1. The van der Waals surface area contributed by atoms with E-state index in [9.17, 15) is 5.26 Å². The number of nitrogens with zero attached hydrogens (tertiary/aromatic N) is 5. The van der Waals surface area contributed by atoms with Crippen LogP contribution < -0.4 is 5.43 Å². The molecule has 3 rings (SSSR count). The standard InChI is InChI=1S/C18H12BrClN6S/c1-11-17(26-23-13-8-6-12(19)7-9-13)27-18(22-11)16(10-21)25-24-15-5-3-2-4-14(15)20/h2-9,24H,1H3/b25-16-,26-23?. The SMILES string of the molecule is Cc1nc(/C(C#N)=N\Nc2ccccc2Cl)sc1N=Nc1ccc(Br)cc1. The predicted octanol–water partition coefficient (Wildman–Crippen LogP) is 6.62. The Morgan fingerprint density at radius 2 is 1.93 bits per heavy atom. The Kier molecular flexibility index (Phi) is 6.29. The van der Waals surface area contributed by atoms with Crippen molar-refractivity contribution in [3.05, 3.63) is 68.7 Å². The number of nitrogens with one attached hydrogen (secondary N) is 1. The highest BCUT2D eigenvalue weighted by molar-refractivity contribution is 9.10. The number of thiazole rings is 1. The molecule has 0 aliphatic heterocycles. The summed E-state index contributed by atoms with van der Waals surface area (Å²) in [6.07, 6.45) is 0. The van der Waals surface area contributed by atoms with E-state index in [0.717, 1.165) is 10.2 Å². The summed E-state index contributed by atoms with van der Waals surface area (Å²) in [5, 5.41) is 23.6. The van der Waals surface area contributed by atoms with Crippen LogP contribution in [0.4, 0.5) is 16.4 Å². The number of anilines is 1. The van der Waals surface area contributed by atoms with Crippen LogP contribution in [0.2, 0.25) is 5.02 Å². The molecule has 6 nitrogen and oxygen atoms in total. The molecule has 0 saturated heterocycles. The number of azo groups is 1. The van der Waals surface area contributed by atoms with E-state index in [4.69, 9.17) is 11.6 Å². The van der Waals surface area contributed by atoms with Crippen molar-refractivity contribution in [2.45, 2.75) is 6.92 Å². The number of hydrogen-bond acceptors (Lipinski definition) is 7. The molecule has 0 unspecified atom stereocenters. The number of rotatable bonds is 5. The van der Waals surface area contributed by atoms with Gasteiger partial charge in [0.1, 0.15) is 6.07 Å². The van der Waals surface area contributed by atoms with Crippen LogP contribution in [0, 0.1) is 18.3 Å². The van der Waals surface area contributed by atoms with Crippen molar-refractivity contribution in [2.75, 3.05) is 5.43 Å². The molecular weight excluding hydrogens is 448 g/mol. The zero-order valence-corrected chi connectivity index (χ0v) is 17.2. The molecule has 1 aromatic heterocycles. The third-order valence-electron chi connectivity index (χ3n) is 3.33. The first-order chi connectivity index (χ1) is 13.1. The summed E-state index contributed by atoms with van der Waals surface area (Å²) >= 11 is 10.7. The maximum absolute atomic E-state index is 9.42. The zero-order valence-electron chi connectivity index (χ0n) is 14.0. The van der Waals surface area contributed by atoms with E-state index in [-0.39, 0.29) is 5.71 Å². The fourth-order valence-electron chi connectivity index (χ4n) is 1.98. The van der Waals surface area contributed by atoms with Crippen LogP contribution in [-0.4, -0.2) is 10.7 Å². The molecule has 0 aliphatic carbocycles. The number of aryl methyl sites for hydroxylation is 1. The molecule has 0 amide bonds. The second kappa shape index (κ2) is 8.86. The monoisotopic (exact) mass is 458 g/mol. The highest BCUT2D eigenvalue weighted by atomic mass is 79.9. The van der Waals surface area contributed by atoms with Crippen LogP contribution >= 0.6 is 38.9 Å². The van der Waals surface area contributed by atoms with E-state index in [2.05, 4.69) is 41.7 Å². The molecule has 0 radical (unpaired) electrons. The van der Waals surface area contributed by atoms with E-state index < -0.39 is 0 Å². The number of nitriles is 1. The Labute approximate surface area is 173 Å². The molecule has 1 N–H and O–H groups in total. The normalized spacial score (nSPS) is 11.6. The van der Waals surface area contributed by atoms with Crippen molar-refractivity contribution in [3.63, 3.8) is 0 Å². The second-order valence-corrected chi connectivity index (χ2v) is 7.55. The van der Waals surface area contributed by atoms with Gasteiger partial charge in [0.15, 0.2) is 15.7 Å². The van der Waals surface area contributed by atoms with Crippen molar-refractivity contribution in [2.24, 2.45) is 15.3 Å². The molecule has 9 heteroatoms. The van der Waals surface area contributed by atoms with E-state index in [0.29, 0.717) is 26.4 Å². The minimum atomic E-state index is 0.146. The van der Waals surface area contributed by atoms with Gasteiger partial charge in [-0.25, -0.2) is 4.98 Å². The molecule has 2 aromatic carbocycles. The lowest BCUT2D eigenvalue weighted by Crippen LogP contribution is -2.01. The molecule has 0 saturated carbocycles. The zero-order chi connectivity index (χ0) is 19.2. The summed E-state index contributed by atoms with van der Waals surface area (Å²) < 4.78 is 0.971. The first kappa shape index (κ1) is 19.2. The van der Waals surface area contributed by atoms with Gasteiger partial charge < -0.3 is 0 Å². The Bertz CT molecular complexity index is 1050. The highest BCUT2D eigenvalue weighted by Crippen LogP contribution is 2.30. The lowest BCUT2D eigenvalue weighted by atomic mass is 10.3. The summed E-state index contributed by atoms with van der Waals surface area (Å²) in [6, 6.07) is 16.7. The summed E-state index contributed by atoms with van der Waals surface area (Å²) in [4.78, 5) is 4.37. The Morgan fingerprint density at radius 1 is 1.19 bits per heavy atom. The molecule has 3 aromatic rings. The van der Waals surface area contributed by atoms with Gasteiger partial charge in [0.05, 0.1) is 22.1 Å². The fourth-order valence-corrected chi connectivity index (χ4v) is 3.25. The molecule has 27 heavy (non-hydrogen) atoms. The quantitative estimate of drug-likeness (QED) is 0.264. The van der Waals surface area contributed by atoms with Gasteiger partial charge in [-0.1, -0.05) is 51.0 Å². The summed E-state index contributed by atoms with van der Waals surface area (Å²) in [5.74, 6) is 0. The molecule has 0 fully saturated rings. The molecule has 0 atom stereocenters. The van der Waals surface area contributed by atoms with Gasteiger partial charge in [-0.15, -0.1) is 10.2 Å². The Balaban J connectivity index is 1.81. The van der Waals surface area contributed by atoms with E-state index in [1.54, 1.807) is 12.1 Å². The Morgan fingerprint density at radius 3 is 2.63 bits per heavy atom. The van der Waals surface area contributed by atoms with Gasteiger partial charge in [0.2, 0.25) is 0 Å². The lowest BCUT2D eigenvalue weighted by molar-refractivity contribution is 1.18. The average molecular weight is 460 g/mol. The van der Waals surface area contributed by atoms with E-state index >= 15 is 0 Å². The average Bonchev–Trinajstić information content (AvgIpc) is 3.04. The van der Waals surface area contributed by atoms with Crippen LogP contribution in [0.3, 0.4) is 0 Å². The summed E-state index contributed by atoms with van der Waals surface area (Å²) in [6.45, 7) is 1.81. The topological polar surface area (TPSA) is 85.8 Å². The minimum absolute atomic E-state index is 0.146. The van der Waals surface area contributed by atoms with Crippen LogP contribution in [0.1, 0.15) is 10.7 Å². The molecular formula is C18H12BrClN6S. The highest BCUT2D eigenvalue weighted by Gasteiger charge is 2.13. The Hall–Kier alpha value is -2.60. The summed E-state index contributed by atoms with van der Waals surface area (Å²) in [7, 11) is 0. The predicted molar refractivity (Wildman–Crippen MR) is 112 cm³/mol. The maximum Gasteiger partial charge on any atom is 0.196 e. The minimum Gasteiger partial charge on any atom is -0.276 e. The number of benzene rings is 2. The molecule has 0 bridgehead atoms. The van der Waals surface area contributed by atoms with Gasteiger partial charge in [-0.05, 0) is 43.3 Å². The van der Waals surface area contributed by atoms with Crippen LogP contribution in [0.25, 0.3) is 0 Å². The van der Waals surface area contributed by atoms with Crippen LogP contribution in [0.5, 0.6) is 0 Å². The van der Waals surface area contributed by atoms with Gasteiger partial charge in [-0.2, -0.15) is 10.4 Å². The third kappa shape index (κ3) is 4.98. The fraction of sp³-hybridized carbons (Fsp3) is 0.0556. The number of hydrazone groups is 1. The largest absolute Gasteiger partial charge is 0.276 e. The van der Waals surface area contributed by atoms with Crippen molar-refractivity contribution in [1.82, 2.24) is 4.98 Å². The van der Waals surface area contributed by atoms with Gasteiger partial charge in [0.25, 0.3) is 0 Å². The van der Waals surface area contributed by atoms with Crippen molar-refractivity contribution in [3.8, 4) is 6.07 Å². The van der Waals surface area contributed by atoms with E-state index in [1.165, 1.54) is 11.3 Å². The van der Waals surface area contributed by atoms with E-state index in [1.807, 2.05) is 49.4 Å². The molecule has 1 heterocycles. The first-order valence-corrected chi connectivity index (χ1v) is 9.69. The number of aromatic nitrogens is 1. The maximum atomic E-state index is 9.42. The smallest absolute Gasteiger partial charge is 0.196 e. The van der Waals surface area contributed by atoms with Crippen molar-refractivity contribution >= 4 is 61.0 Å². The van der Waals surface area contributed by atoms with Crippen LogP contribution in [0.15, 0.2) is 68.3 Å². The molecule has 134 valence electrons. The second-order valence-electron chi connectivity index (χ2n) is 5.25. The molecule has 0 spiro atoms. The van der Waals surface area contributed by atoms with Crippen LogP contribution in [-0.2, 0) is 0 Å². The van der Waals surface area contributed by atoms with Gasteiger partial charge in [0, 0.05) is 4.47 Å². The number of para-hydroxylation sites is 1. The lowest BCUT2D eigenvalue weighted by Gasteiger charge is -2.02. The first-order valence-electron chi connectivity index (χ1n) is 7.70.